The van der Waals surface area contributed by atoms with Crippen LogP contribution >= 0.6 is 0 Å². The number of hydrogen-bond acceptors (Lipinski definition) is 5. The smallest absolute Gasteiger partial charge is 0.406 e. The van der Waals surface area contributed by atoms with Gasteiger partial charge in [-0.2, -0.15) is 4.31 Å². The lowest BCUT2D eigenvalue weighted by molar-refractivity contribution is -0.274. The van der Waals surface area contributed by atoms with E-state index >= 15 is 0 Å². The number of benzene rings is 2. The zero-order valence-electron chi connectivity index (χ0n) is 14.3. The van der Waals surface area contributed by atoms with Crippen molar-refractivity contribution in [2.24, 2.45) is 0 Å². The van der Waals surface area contributed by atoms with Crippen molar-refractivity contribution >= 4 is 19.9 Å². The van der Waals surface area contributed by atoms with E-state index in [1.54, 1.807) is 18.2 Å². The van der Waals surface area contributed by atoms with Gasteiger partial charge in [0.05, 0.1) is 15.0 Å². The predicted octanol–water partition coefficient (Wildman–Crippen LogP) is 2.82. The standard InChI is InChI=1S/C17H16F3NO5S2/c18-17(19,20)26-13-6-8-15(9-7-13)28(24,25)21-11-10-16(12-21)27(22,23)14-4-2-1-3-5-14/h1-9,16H,10-12H2. The van der Waals surface area contributed by atoms with Crippen molar-refractivity contribution in [2.45, 2.75) is 27.8 Å². The molecule has 6 nitrogen and oxygen atoms in total. The van der Waals surface area contributed by atoms with Crippen LogP contribution in [0.3, 0.4) is 0 Å². The Balaban J connectivity index is 1.77. The Labute approximate surface area is 160 Å². The van der Waals surface area contributed by atoms with Gasteiger partial charge in [-0.25, -0.2) is 16.8 Å². The second-order valence-electron chi connectivity index (χ2n) is 6.15. The Morgan fingerprint density at radius 3 is 2.07 bits per heavy atom. The zero-order chi connectivity index (χ0) is 20.6. The zero-order valence-corrected chi connectivity index (χ0v) is 16.0. The van der Waals surface area contributed by atoms with Gasteiger partial charge in [-0.05, 0) is 42.8 Å². The van der Waals surface area contributed by atoms with Crippen LogP contribution in [0.4, 0.5) is 13.2 Å². The van der Waals surface area contributed by atoms with Crippen molar-refractivity contribution in [1.29, 1.82) is 0 Å². The summed E-state index contributed by atoms with van der Waals surface area (Å²) in [6, 6.07) is 11.5. The topological polar surface area (TPSA) is 80.8 Å². The molecule has 0 spiro atoms. The van der Waals surface area contributed by atoms with E-state index in [-0.39, 0.29) is 29.3 Å². The van der Waals surface area contributed by atoms with E-state index in [2.05, 4.69) is 4.74 Å². The number of sulfone groups is 1. The number of sulfonamides is 1. The molecular formula is C17H16F3NO5S2. The van der Waals surface area contributed by atoms with E-state index < -0.39 is 37.2 Å². The van der Waals surface area contributed by atoms with Gasteiger partial charge in [0.1, 0.15) is 5.75 Å². The van der Waals surface area contributed by atoms with Gasteiger partial charge in [-0.3, -0.25) is 0 Å². The number of rotatable bonds is 5. The molecule has 152 valence electrons. The summed E-state index contributed by atoms with van der Waals surface area (Å²) in [6.07, 6.45) is -4.75. The first kappa shape index (κ1) is 20.6. The Morgan fingerprint density at radius 1 is 0.893 bits per heavy atom. The summed E-state index contributed by atoms with van der Waals surface area (Å²) in [6.45, 7) is -0.222. The fourth-order valence-corrected chi connectivity index (χ4v) is 6.24. The molecule has 0 N–H and O–H groups in total. The van der Waals surface area contributed by atoms with Gasteiger partial charge in [0.15, 0.2) is 9.84 Å². The highest BCUT2D eigenvalue weighted by atomic mass is 32.2. The number of alkyl halides is 3. The van der Waals surface area contributed by atoms with Crippen molar-refractivity contribution in [3.8, 4) is 5.75 Å². The van der Waals surface area contributed by atoms with E-state index in [9.17, 15) is 30.0 Å². The second-order valence-corrected chi connectivity index (χ2v) is 10.3. The largest absolute Gasteiger partial charge is 0.573 e. The third-order valence-corrected chi connectivity index (χ3v) is 8.38. The van der Waals surface area contributed by atoms with E-state index in [0.717, 1.165) is 28.6 Å². The minimum atomic E-state index is -4.88. The molecule has 0 bridgehead atoms. The quantitative estimate of drug-likeness (QED) is 0.722. The van der Waals surface area contributed by atoms with Gasteiger partial charge in [0, 0.05) is 13.1 Å². The van der Waals surface area contributed by atoms with Gasteiger partial charge >= 0.3 is 6.36 Å². The van der Waals surface area contributed by atoms with Gasteiger partial charge in [-0.15, -0.1) is 13.2 Å². The summed E-state index contributed by atoms with van der Waals surface area (Å²) in [4.78, 5) is -0.118. The first-order valence-electron chi connectivity index (χ1n) is 8.15. The molecule has 3 rings (SSSR count). The van der Waals surface area contributed by atoms with Crippen LogP contribution < -0.4 is 4.74 Å². The average Bonchev–Trinajstić information content (AvgIpc) is 3.13. The van der Waals surface area contributed by atoms with Crippen LogP contribution in [0.1, 0.15) is 6.42 Å². The summed E-state index contributed by atoms with van der Waals surface area (Å²) in [5.74, 6) is -0.544. The third kappa shape index (κ3) is 4.31. The Morgan fingerprint density at radius 2 is 1.50 bits per heavy atom. The first-order chi connectivity index (χ1) is 13.0. The summed E-state index contributed by atoms with van der Waals surface area (Å²) < 4.78 is 92.1. The van der Waals surface area contributed by atoms with Gasteiger partial charge in [0.2, 0.25) is 10.0 Å². The third-order valence-electron chi connectivity index (χ3n) is 4.31. The molecule has 0 aliphatic carbocycles. The Kier molecular flexibility index (Phi) is 5.43. The first-order valence-corrected chi connectivity index (χ1v) is 11.1. The minimum absolute atomic E-state index is 0.000133. The molecule has 2 aromatic carbocycles. The SMILES string of the molecule is O=S(=O)(c1ccccc1)C1CCN(S(=O)(=O)c2ccc(OC(F)(F)F)cc2)C1. The molecule has 1 saturated heterocycles. The summed E-state index contributed by atoms with van der Waals surface area (Å²) in [7, 11) is -7.73. The highest BCUT2D eigenvalue weighted by Crippen LogP contribution is 2.29. The summed E-state index contributed by atoms with van der Waals surface area (Å²) in [5.41, 5.74) is 0. The Hall–Kier alpha value is -2.11. The Bertz CT molecular complexity index is 1040. The summed E-state index contributed by atoms with van der Waals surface area (Å²) in [5, 5.41) is -0.891. The molecule has 1 aliphatic rings. The molecule has 1 unspecified atom stereocenters. The van der Waals surface area contributed by atoms with Crippen LogP contribution in [0, 0.1) is 0 Å². The van der Waals surface area contributed by atoms with Crippen LogP contribution in [-0.2, 0) is 19.9 Å². The van der Waals surface area contributed by atoms with Crippen molar-refractivity contribution in [3.63, 3.8) is 0 Å². The molecule has 28 heavy (non-hydrogen) atoms. The number of ether oxygens (including phenoxy) is 1. The van der Waals surface area contributed by atoms with Crippen molar-refractivity contribution in [1.82, 2.24) is 4.31 Å². The summed E-state index contributed by atoms with van der Waals surface area (Å²) >= 11 is 0. The van der Waals surface area contributed by atoms with Crippen LogP contribution in [0.2, 0.25) is 0 Å². The molecule has 1 fully saturated rings. The van der Waals surface area contributed by atoms with Crippen LogP contribution in [0.25, 0.3) is 0 Å². The maximum atomic E-state index is 12.7. The lowest BCUT2D eigenvalue weighted by Gasteiger charge is -2.17. The maximum absolute atomic E-state index is 12.7. The molecule has 2 aromatic rings. The van der Waals surface area contributed by atoms with Gasteiger partial charge in [0.25, 0.3) is 0 Å². The predicted molar refractivity (Wildman–Crippen MR) is 93.9 cm³/mol. The van der Waals surface area contributed by atoms with E-state index in [1.807, 2.05) is 0 Å². The fourth-order valence-electron chi connectivity index (χ4n) is 2.93. The monoisotopic (exact) mass is 435 g/mol. The number of halogens is 3. The molecular weight excluding hydrogens is 419 g/mol. The van der Waals surface area contributed by atoms with Crippen molar-refractivity contribution in [2.75, 3.05) is 13.1 Å². The second kappa shape index (κ2) is 7.37. The van der Waals surface area contributed by atoms with E-state index in [1.165, 1.54) is 12.1 Å². The average molecular weight is 435 g/mol. The van der Waals surface area contributed by atoms with Crippen molar-refractivity contribution in [3.05, 3.63) is 54.6 Å². The molecule has 0 radical (unpaired) electrons. The molecule has 11 heteroatoms. The number of hydrogen-bond donors (Lipinski definition) is 0. The molecule has 1 atom stereocenters. The van der Waals surface area contributed by atoms with Crippen LogP contribution in [0.15, 0.2) is 64.4 Å². The molecule has 1 heterocycles. The molecule has 0 aromatic heterocycles. The van der Waals surface area contributed by atoms with Crippen LogP contribution in [0.5, 0.6) is 5.75 Å². The fraction of sp³-hybridized carbons (Fsp3) is 0.294. The lowest BCUT2D eigenvalue weighted by atomic mass is 10.3. The minimum Gasteiger partial charge on any atom is -0.406 e. The van der Waals surface area contributed by atoms with E-state index in [4.69, 9.17) is 0 Å². The highest BCUT2D eigenvalue weighted by Gasteiger charge is 2.39. The lowest BCUT2D eigenvalue weighted by Crippen LogP contribution is -2.32. The van der Waals surface area contributed by atoms with Gasteiger partial charge < -0.3 is 4.74 Å². The highest BCUT2D eigenvalue weighted by molar-refractivity contribution is 7.92. The van der Waals surface area contributed by atoms with Crippen molar-refractivity contribution < 1.29 is 34.7 Å². The van der Waals surface area contributed by atoms with E-state index in [0.29, 0.717) is 0 Å². The maximum Gasteiger partial charge on any atom is 0.573 e. The number of nitrogens with zero attached hydrogens (tertiary/aromatic N) is 1. The normalized spacial score (nSPS) is 18.9. The molecule has 0 amide bonds. The molecule has 1 aliphatic heterocycles. The van der Waals surface area contributed by atoms with Crippen LogP contribution in [-0.4, -0.2) is 45.8 Å². The van der Waals surface area contributed by atoms with Gasteiger partial charge in [-0.1, -0.05) is 18.2 Å². The molecule has 0 saturated carbocycles.